The van der Waals surface area contributed by atoms with Gasteiger partial charge in [-0.1, -0.05) is 109 Å². The van der Waals surface area contributed by atoms with Crippen molar-refractivity contribution in [2.24, 2.45) is 0 Å². The van der Waals surface area contributed by atoms with Gasteiger partial charge in [-0.15, -0.1) is 0 Å². The van der Waals surface area contributed by atoms with E-state index in [1.54, 1.807) is 0 Å². The normalized spacial score (nSPS) is 28.5. The molecule has 31 heavy (non-hydrogen) atoms. The van der Waals surface area contributed by atoms with Crippen LogP contribution in [0.4, 0.5) is 0 Å². The van der Waals surface area contributed by atoms with Gasteiger partial charge in [-0.05, 0) is 39.8 Å². The molecule has 0 spiro atoms. The lowest BCUT2D eigenvalue weighted by Crippen LogP contribution is -2.50. The largest absolute Gasteiger partial charge is 0.380 e. The summed E-state index contributed by atoms with van der Waals surface area (Å²) in [6.07, 6.45) is 0.671. The van der Waals surface area contributed by atoms with Crippen molar-refractivity contribution in [2.45, 2.75) is 29.5 Å². The van der Waals surface area contributed by atoms with E-state index in [-0.39, 0.29) is 11.8 Å². The molecule has 2 bridgehead atoms. The Hall–Kier alpha value is -3.20. The zero-order chi connectivity index (χ0) is 21.1. The van der Waals surface area contributed by atoms with E-state index in [4.69, 9.17) is 0 Å². The van der Waals surface area contributed by atoms with Crippen LogP contribution < -0.4 is 0 Å². The summed E-state index contributed by atoms with van der Waals surface area (Å²) in [7, 11) is 0. The van der Waals surface area contributed by atoms with Crippen LogP contribution in [0.1, 0.15) is 51.6 Å². The van der Waals surface area contributed by atoms with Crippen LogP contribution >= 0.6 is 0 Å². The minimum Gasteiger partial charge on any atom is -0.380 e. The van der Waals surface area contributed by atoms with Crippen molar-refractivity contribution in [3.05, 3.63) is 143 Å². The Balaban J connectivity index is 1.70. The maximum atomic E-state index is 12.4. The minimum atomic E-state index is -1.15. The molecule has 4 atom stereocenters. The van der Waals surface area contributed by atoms with Crippen LogP contribution in [0.25, 0.3) is 0 Å². The second kappa shape index (κ2) is 6.65. The fraction of sp³-hybridized carbons (Fsp3) is 0.172. The molecule has 4 aromatic carbocycles. The third kappa shape index (κ3) is 2.40. The summed E-state index contributed by atoms with van der Waals surface area (Å²) >= 11 is 0. The van der Waals surface area contributed by atoms with Crippen molar-refractivity contribution in [1.82, 2.24) is 0 Å². The van der Waals surface area contributed by atoms with E-state index in [1.807, 2.05) is 97.1 Å². The first kappa shape index (κ1) is 18.6. The smallest absolute Gasteiger partial charge is 0.122 e. The summed E-state index contributed by atoms with van der Waals surface area (Å²) < 4.78 is 0. The predicted molar refractivity (Wildman–Crippen MR) is 122 cm³/mol. The van der Waals surface area contributed by atoms with Gasteiger partial charge in [-0.3, -0.25) is 0 Å². The van der Waals surface area contributed by atoms with Gasteiger partial charge in [0.1, 0.15) is 11.2 Å². The average Bonchev–Trinajstić information content (AvgIpc) is 2.85. The highest BCUT2D eigenvalue weighted by atomic mass is 16.3. The summed E-state index contributed by atoms with van der Waals surface area (Å²) in [6, 6.07) is 36.1. The molecule has 2 aliphatic carbocycles. The molecule has 2 aliphatic rings. The van der Waals surface area contributed by atoms with E-state index in [9.17, 15) is 10.2 Å². The highest BCUT2D eigenvalue weighted by Crippen LogP contribution is 2.63. The van der Waals surface area contributed by atoms with Crippen molar-refractivity contribution >= 4 is 0 Å². The summed E-state index contributed by atoms with van der Waals surface area (Å²) in [5, 5.41) is 24.8. The van der Waals surface area contributed by atoms with E-state index in [0.29, 0.717) is 6.42 Å². The van der Waals surface area contributed by atoms with E-state index in [0.717, 1.165) is 33.4 Å². The quantitative estimate of drug-likeness (QED) is 0.467. The Bertz CT molecular complexity index is 1150. The van der Waals surface area contributed by atoms with Crippen molar-refractivity contribution in [2.75, 3.05) is 0 Å². The third-order valence-corrected chi connectivity index (χ3v) is 7.40. The number of aliphatic hydroxyl groups is 2. The zero-order valence-electron chi connectivity index (χ0n) is 17.1. The highest BCUT2D eigenvalue weighted by molar-refractivity contribution is 5.58. The van der Waals surface area contributed by atoms with Gasteiger partial charge in [0.25, 0.3) is 0 Å². The van der Waals surface area contributed by atoms with Crippen molar-refractivity contribution in [3.8, 4) is 0 Å². The van der Waals surface area contributed by atoms with Gasteiger partial charge in [0, 0.05) is 11.8 Å². The molecule has 0 aliphatic heterocycles. The van der Waals surface area contributed by atoms with E-state index in [1.165, 1.54) is 0 Å². The molecule has 6 rings (SSSR count). The van der Waals surface area contributed by atoms with E-state index < -0.39 is 11.2 Å². The first-order chi connectivity index (χ1) is 15.1. The molecule has 0 aromatic heterocycles. The molecule has 0 fully saturated rings. The van der Waals surface area contributed by atoms with Gasteiger partial charge in [-0.2, -0.15) is 0 Å². The molecule has 0 radical (unpaired) electrons. The number of hydrogen-bond donors (Lipinski definition) is 2. The lowest BCUT2D eigenvalue weighted by molar-refractivity contribution is -0.0229. The van der Waals surface area contributed by atoms with Crippen molar-refractivity contribution in [1.29, 1.82) is 0 Å². The van der Waals surface area contributed by atoms with Crippen LogP contribution in [0, 0.1) is 0 Å². The van der Waals surface area contributed by atoms with Crippen LogP contribution in [-0.2, 0) is 11.2 Å². The standard InChI is InChI=1S/C29H24O2/c30-28(20-11-3-1-4-12-20)24-17-9-7-15-22(24)27-19-26(28)23-16-8-10-18-25(23)29(27,31)21-13-5-2-6-14-21/h1-18,26-27,30-31H,19H2/t26-,27-,28-,29-/m0/s1. The Morgan fingerprint density at radius 2 is 0.839 bits per heavy atom. The monoisotopic (exact) mass is 404 g/mol. The lowest BCUT2D eigenvalue weighted by atomic mass is 9.52. The molecule has 0 saturated heterocycles. The SMILES string of the molecule is O[C@@]1(c2ccccc2)c2ccccc2[C@@H]2C[C@H]1c1ccccc1[C@@]2(O)c1ccccc1. The molecule has 0 unspecified atom stereocenters. The molecule has 2 heteroatoms. The van der Waals surface area contributed by atoms with Crippen molar-refractivity contribution in [3.63, 3.8) is 0 Å². The molecule has 0 saturated carbocycles. The summed E-state index contributed by atoms with van der Waals surface area (Å²) in [6.45, 7) is 0. The summed E-state index contributed by atoms with van der Waals surface area (Å²) in [5.74, 6) is -0.287. The maximum absolute atomic E-state index is 12.4. The van der Waals surface area contributed by atoms with Crippen LogP contribution in [0.3, 0.4) is 0 Å². The first-order valence-corrected chi connectivity index (χ1v) is 10.9. The van der Waals surface area contributed by atoms with Gasteiger partial charge in [-0.25, -0.2) is 0 Å². The number of benzene rings is 4. The van der Waals surface area contributed by atoms with Crippen LogP contribution in [0.15, 0.2) is 109 Å². The first-order valence-electron chi connectivity index (χ1n) is 10.9. The average molecular weight is 405 g/mol. The topological polar surface area (TPSA) is 40.5 Å². The second-order valence-electron chi connectivity index (χ2n) is 8.78. The number of hydrogen-bond acceptors (Lipinski definition) is 2. The Morgan fingerprint density at radius 1 is 0.484 bits per heavy atom. The lowest BCUT2D eigenvalue weighted by Gasteiger charge is -2.54. The Morgan fingerprint density at radius 3 is 1.26 bits per heavy atom. The van der Waals surface area contributed by atoms with Gasteiger partial charge < -0.3 is 10.2 Å². The van der Waals surface area contributed by atoms with E-state index >= 15 is 0 Å². The van der Waals surface area contributed by atoms with Gasteiger partial charge in [0.2, 0.25) is 0 Å². The predicted octanol–water partition coefficient (Wildman–Crippen LogP) is 5.44. The fourth-order valence-electron chi connectivity index (χ4n) is 6.05. The Kier molecular flexibility index (Phi) is 3.98. The number of fused-ring (bicyclic) bond motifs is 6. The summed E-state index contributed by atoms with van der Waals surface area (Å²) in [4.78, 5) is 0. The third-order valence-electron chi connectivity index (χ3n) is 7.40. The van der Waals surface area contributed by atoms with Gasteiger partial charge in [0.15, 0.2) is 0 Å². The van der Waals surface area contributed by atoms with Crippen LogP contribution in [0.2, 0.25) is 0 Å². The molecular formula is C29H24O2. The zero-order valence-corrected chi connectivity index (χ0v) is 17.1. The molecule has 152 valence electrons. The van der Waals surface area contributed by atoms with Crippen molar-refractivity contribution < 1.29 is 10.2 Å². The second-order valence-corrected chi connectivity index (χ2v) is 8.78. The van der Waals surface area contributed by atoms with E-state index in [2.05, 4.69) is 12.1 Å². The molecule has 2 N–H and O–H groups in total. The fourth-order valence-corrected chi connectivity index (χ4v) is 6.05. The molecule has 0 amide bonds. The highest BCUT2D eigenvalue weighted by Gasteiger charge is 2.58. The maximum Gasteiger partial charge on any atom is 0.122 e. The van der Waals surface area contributed by atoms with Crippen LogP contribution in [-0.4, -0.2) is 10.2 Å². The Labute approximate surface area is 182 Å². The number of rotatable bonds is 2. The van der Waals surface area contributed by atoms with Gasteiger partial charge >= 0.3 is 0 Å². The molecular weight excluding hydrogens is 380 g/mol. The molecule has 2 nitrogen and oxygen atoms in total. The summed E-state index contributed by atoms with van der Waals surface area (Å²) in [5.41, 5.74) is 3.32. The van der Waals surface area contributed by atoms with Gasteiger partial charge in [0.05, 0.1) is 0 Å². The molecule has 0 heterocycles. The molecule has 4 aromatic rings. The minimum absolute atomic E-state index is 0.144. The van der Waals surface area contributed by atoms with Crippen LogP contribution in [0.5, 0.6) is 0 Å².